The van der Waals surface area contributed by atoms with Crippen LogP contribution in [-0.2, 0) is 16.8 Å². The van der Waals surface area contributed by atoms with Crippen LogP contribution in [0.2, 0.25) is 0 Å². The van der Waals surface area contributed by atoms with E-state index in [-0.39, 0.29) is 11.5 Å². The van der Waals surface area contributed by atoms with Gasteiger partial charge in [-0.2, -0.15) is 5.10 Å². The summed E-state index contributed by atoms with van der Waals surface area (Å²) < 4.78 is 0. The summed E-state index contributed by atoms with van der Waals surface area (Å²) in [6.45, 7) is 0.309. The van der Waals surface area contributed by atoms with E-state index < -0.39 is 5.41 Å². The SMILES string of the molecule is O=C(NCc1n[nH]c(=O)c2ccccc12)C1(c2cccs2)CCCC1. The zero-order valence-electron chi connectivity index (χ0n) is 13.7. The van der Waals surface area contributed by atoms with Gasteiger partial charge in [-0.05, 0) is 30.4 Å². The van der Waals surface area contributed by atoms with Gasteiger partial charge in [0.2, 0.25) is 5.91 Å². The molecule has 1 aliphatic rings. The molecule has 5 nitrogen and oxygen atoms in total. The van der Waals surface area contributed by atoms with Gasteiger partial charge in [0.25, 0.3) is 5.56 Å². The number of aromatic amines is 1. The largest absolute Gasteiger partial charge is 0.350 e. The highest BCUT2D eigenvalue weighted by atomic mass is 32.1. The number of benzene rings is 1. The van der Waals surface area contributed by atoms with Crippen molar-refractivity contribution in [1.82, 2.24) is 15.5 Å². The number of H-pyrrole nitrogens is 1. The van der Waals surface area contributed by atoms with E-state index in [2.05, 4.69) is 21.6 Å². The molecule has 3 aromatic rings. The number of carbonyl (C=O) groups is 1. The summed E-state index contributed by atoms with van der Waals surface area (Å²) in [6.07, 6.45) is 3.93. The molecule has 2 aromatic heterocycles. The second-order valence-corrected chi connectivity index (χ2v) is 7.44. The lowest BCUT2D eigenvalue weighted by Gasteiger charge is -2.26. The van der Waals surface area contributed by atoms with E-state index in [4.69, 9.17) is 0 Å². The van der Waals surface area contributed by atoms with Crippen molar-refractivity contribution in [3.63, 3.8) is 0 Å². The molecule has 2 N–H and O–H groups in total. The van der Waals surface area contributed by atoms with Gasteiger partial charge in [0.1, 0.15) is 0 Å². The van der Waals surface area contributed by atoms with E-state index in [9.17, 15) is 9.59 Å². The molecule has 0 atom stereocenters. The predicted molar refractivity (Wildman–Crippen MR) is 98.7 cm³/mol. The summed E-state index contributed by atoms with van der Waals surface area (Å²) in [5.74, 6) is 0.0598. The second kappa shape index (κ2) is 6.44. The number of carbonyl (C=O) groups excluding carboxylic acids is 1. The quantitative estimate of drug-likeness (QED) is 0.757. The normalized spacial score (nSPS) is 16.2. The minimum Gasteiger partial charge on any atom is -0.350 e. The number of rotatable bonds is 4. The number of nitrogens with one attached hydrogen (secondary N) is 2. The van der Waals surface area contributed by atoms with Gasteiger partial charge in [0.05, 0.1) is 23.0 Å². The van der Waals surface area contributed by atoms with Gasteiger partial charge >= 0.3 is 0 Å². The summed E-state index contributed by atoms with van der Waals surface area (Å²) in [6, 6.07) is 11.4. The molecule has 4 rings (SSSR count). The van der Waals surface area contributed by atoms with Crippen LogP contribution < -0.4 is 10.9 Å². The van der Waals surface area contributed by atoms with Crippen LogP contribution in [0.3, 0.4) is 0 Å². The highest BCUT2D eigenvalue weighted by Crippen LogP contribution is 2.43. The first kappa shape index (κ1) is 16.0. The van der Waals surface area contributed by atoms with E-state index in [1.54, 1.807) is 17.4 Å². The number of thiophene rings is 1. The average molecular weight is 353 g/mol. The minimum atomic E-state index is -0.411. The molecule has 1 aliphatic carbocycles. The monoisotopic (exact) mass is 353 g/mol. The molecule has 0 saturated heterocycles. The van der Waals surface area contributed by atoms with Crippen LogP contribution in [0.1, 0.15) is 36.3 Å². The summed E-state index contributed by atoms with van der Waals surface area (Å²) in [5, 5.41) is 13.1. The highest BCUT2D eigenvalue weighted by molar-refractivity contribution is 7.10. The molecule has 0 spiro atoms. The minimum absolute atomic E-state index is 0.0598. The van der Waals surface area contributed by atoms with Crippen LogP contribution in [0.5, 0.6) is 0 Å². The van der Waals surface area contributed by atoms with Crippen molar-refractivity contribution in [2.24, 2.45) is 0 Å². The Bertz CT molecular complexity index is 956. The van der Waals surface area contributed by atoms with Crippen LogP contribution in [-0.4, -0.2) is 16.1 Å². The van der Waals surface area contributed by atoms with Gasteiger partial charge in [-0.1, -0.05) is 37.1 Å². The third kappa shape index (κ3) is 2.76. The molecular formula is C19H19N3O2S. The number of hydrogen-bond donors (Lipinski definition) is 2. The van der Waals surface area contributed by atoms with Crippen LogP contribution in [0, 0.1) is 0 Å². The molecule has 1 amide bonds. The fourth-order valence-electron chi connectivity index (χ4n) is 3.75. The first-order chi connectivity index (χ1) is 12.2. The molecule has 1 fully saturated rings. The Balaban J connectivity index is 1.60. The number of fused-ring (bicyclic) bond motifs is 1. The van der Waals surface area contributed by atoms with Gasteiger partial charge in [0, 0.05) is 10.3 Å². The summed E-state index contributed by atoms with van der Waals surface area (Å²) in [7, 11) is 0. The predicted octanol–water partition coefficient (Wildman–Crippen LogP) is 3.11. The Labute approximate surface area is 149 Å². The number of aromatic nitrogens is 2. The fraction of sp³-hybridized carbons (Fsp3) is 0.316. The Hall–Kier alpha value is -2.47. The lowest BCUT2D eigenvalue weighted by molar-refractivity contribution is -0.126. The van der Waals surface area contributed by atoms with Crippen LogP contribution in [0.15, 0.2) is 46.6 Å². The number of hydrogen-bond acceptors (Lipinski definition) is 4. The Kier molecular flexibility index (Phi) is 4.13. The lowest BCUT2D eigenvalue weighted by Crippen LogP contribution is -2.42. The lowest BCUT2D eigenvalue weighted by atomic mass is 9.83. The van der Waals surface area contributed by atoms with E-state index in [1.807, 2.05) is 29.6 Å². The molecule has 2 heterocycles. The van der Waals surface area contributed by atoms with Gasteiger partial charge in [0.15, 0.2) is 0 Å². The van der Waals surface area contributed by atoms with Gasteiger partial charge in [-0.25, -0.2) is 5.10 Å². The number of nitrogens with zero attached hydrogens (tertiary/aromatic N) is 1. The van der Waals surface area contributed by atoms with Crippen molar-refractivity contribution in [2.45, 2.75) is 37.6 Å². The van der Waals surface area contributed by atoms with Crippen LogP contribution >= 0.6 is 11.3 Å². The Morgan fingerprint density at radius 1 is 1.16 bits per heavy atom. The van der Waals surface area contributed by atoms with Gasteiger partial charge in [-0.3, -0.25) is 9.59 Å². The zero-order valence-corrected chi connectivity index (χ0v) is 14.6. The summed E-state index contributed by atoms with van der Waals surface area (Å²) in [5.41, 5.74) is 0.0611. The molecular weight excluding hydrogens is 334 g/mol. The molecule has 1 saturated carbocycles. The fourth-order valence-corrected chi connectivity index (χ4v) is 4.74. The van der Waals surface area contributed by atoms with E-state index in [0.29, 0.717) is 17.6 Å². The van der Waals surface area contributed by atoms with E-state index in [1.165, 1.54) is 0 Å². The van der Waals surface area contributed by atoms with Gasteiger partial charge in [-0.15, -0.1) is 11.3 Å². The summed E-state index contributed by atoms with van der Waals surface area (Å²) in [4.78, 5) is 26.1. The van der Waals surface area contributed by atoms with Crippen LogP contribution in [0.4, 0.5) is 0 Å². The van der Waals surface area contributed by atoms with Crippen LogP contribution in [0.25, 0.3) is 10.8 Å². The van der Waals surface area contributed by atoms with Crippen molar-refractivity contribution in [1.29, 1.82) is 0 Å². The molecule has 128 valence electrons. The zero-order chi connectivity index (χ0) is 17.3. The topological polar surface area (TPSA) is 74.8 Å². The third-order valence-corrected chi connectivity index (χ3v) is 6.15. The first-order valence-electron chi connectivity index (χ1n) is 8.49. The molecule has 0 bridgehead atoms. The standard InChI is InChI=1S/C19H19N3O2S/c23-17-14-7-2-1-6-13(14)15(21-22-17)12-20-18(24)19(9-3-4-10-19)16-8-5-11-25-16/h1-2,5-8,11H,3-4,9-10,12H2,(H,20,24)(H,22,23). The molecule has 25 heavy (non-hydrogen) atoms. The summed E-state index contributed by atoms with van der Waals surface area (Å²) >= 11 is 1.65. The number of amides is 1. The first-order valence-corrected chi connectivity index (χ1v) is 9.37. The van der Waals surface area contributed by atoms with Gasteiger partial charge < -0.3 is 5.32 Å². The third-order valence-electron chi connectivity index (χ3n) is 5.08. The average Bonchev–Trinajstić information content (AvgIpc) is 3.33. The molecule has 0 aliphatic heterocycles. The van der Waals surface area contributed by atoms with Crippen molar-refractivity contribution >= 4 is 28.0 Å². The van der Waals surface area contributed by atoms with Crippen molar-refractivity contribution < 1.29 is 4.79 Å². The molecule has 0 unspecified atom stereocenters. The van der Waals surface area contributed by atoms with Crippen molar-refractivity contribution in [2.75, 3.05) is 0 Å². The highest BCUT2D eigenvalue weighted by Gasteiger charge is 2.43. The van der Waals surface area contributed by atoms with E-state index in [0.717, 1.165) is 35.9 Å². The van der Waals surface area contributed by atoms with Crippen molar-refractivity contribution in [3.05, 3.63) is 62.7 Å². The smallest absolute Gasteiger partial charge is 0.272 e. The molecule has 0 radical (unpaired) electrons. The second-order valence-electron chi connectivity index (χ2n) is 6.49. The Morgan fingerprint density at radius 2 is 1.92 bits per heavy atom. The molecule has 1 aromatic carbocycles. The van der Waals surface area contributed by atoms with Crippen molar-refractivity contribution in [3.8, 4) is 0 Å². The maximum atomic E-state index is 13.0. The Morgan fingerprint density at radius 3 is 2.64 bits per heavy atom. The van der Waals surface area contributed by atoms with E-state index >= 15 is 0 Å². The molecule has 6 heteroatoms. The maximum Gasteiger partial charge on any atom is 0.272 e. The maximum absolute atomic E-state index is 13.0.